The molecular formula is C21H27N5O2. The molecule has 1 amide bonds. The van der Waals surface area contributed by atoms with E-state index in [9.17, 15) is 9.59 Å². The molecule has 1 fully saturated rings. The van der Waals surface area contributed by atoms with E-state index in [1.54, 1.807) is 21.5 Å². The van der Waals surface area contributed by atoms with Crippen molar-refractivity contribution < 1.29 is 4.79 Å². The number of rotatable bonds is 4. The van der Waals surface area contributed by atoms with Crippen LogP contribution in [0.15, 0.2) is 35.1 Å². The number of nitrogens with zero attached hydrogens (tertiary/aromatic N) is 4. The number of hydrogen-bond donors (Lipinski definition) is 1. The van der Waals surface area contributed by atoms with E-state index in [-0.39, 0.29) is 29.5 Å². The van der Waals surface area contributed by atoms with Crippen molar-refractivity contribution in [3.63, 3.8) is 0 Å². The average molecular weight is 381 g/mol. The van der Waals surface area contributed by atoms with Gasteiger partial charge in [0.1, 0.15) is 0 Å². The summed E-state index contributed by atoms with van der Waals surface area (Å²) >= 11 is 0. The first-order chi connectivity index (χ1) is 13.5. The van der Waals surface area contributed by atoms with Crippen LogP contribution in [-0.2, 0) is 4.79 Å². The van der Waals surface area contributed by atoms with Crippen molar-refractivity contribution in [2.45, 2.75) is 64.5 Å². The van der Waals surface area contributed by atoms with Gasteiger partial charge in [-0.2, -0.15) is 5.10 Å². The Morgan fingerprint density at radius 3 is 2.43 bits per heavy atom. The molecule has 1 N–H and O–H groups in total. The number of nitrogens with one attached hydrogen (secondary N) is 1. The highest BCUT2D eigenvalue weighted by Gasteiger charge is 2.27. The Morgan fingerprint density at radius 2 is 1.79 bits per heavy atom. The van der Waals surface area contributed by atoms with Crippen molar-refractivity contribution in [3.05, 3.63) is 52.1 Å². The Labute approximate surface area is 164 Å². The molecule has 1 saturated carbocycles. The van der Waals surface area contributed by atoms with Crippen LogP contribution >= 0.6 is 0 Å². The maximum Gasteiger partial charge on any atom is 0.267 e. The van der Waals surface area contributed by atoms with Gasteiger partial charge in [0, 0.05) is 23.7 Å². The minimum absolute atomic E-state index is 0.0608. The van der Waals surface area contributed by atoms with Gasteiger partial charge in [0.2, 0.25) is 5.91 Å². The zero-order valence-electron chi connectivity index (χ0n) is 16.5. The first-order valence-electron chi connectivity index (χ1n) is 10.1. The summed E-state index contributed by atoms with van der Waals surface area (Å²) in [6.07, 6.45) is 9.26. The van der Waals surface area contributed by atoms with Crippen LogP contribution in [0.1, 0.15) is 56.0 Å². The van der Waals surface area contributed by atoms with Crippen LogP contribution in [0.3, 0.4) is 0 Å². The molecule has 0 unspecified atom stereocenters. The molecule has 28 heavy (non-hydrogen) atoms. The summed E-state index contributed by atoms with van der Waals surface area (Å²) in [5, 5.41) is 12.3. The lowest BCUT2D eigenvalue weighted by Crippen LogP contribution is -2.41. The lowest BCUT2D eigenvalue weighted by molar-refractivity contribution is -0.125. The summed E-state index contributed by atoms with van der Waals surface area (Å²) in [5.74, 6) is 0.920. The van der Waals surface area contributed by atoms with Gasteiger partial charge < -0.3 is 5.32 Å². The first kappa shape index (κ1) is 18.7. The van der Waals surface area contributed by atoms with Gasteiger partial charge in [0.05, 0.1) is 11.7 Å². The van der Waals surface area contributed by atoms with E-state index < -0.39 is 0 Å². The fourth-order valence-electron chi connectivity index (χ4n) is 4.27. The molecule has 7 heteroatoms. The van der Waals surface area contributed by atoms with Crippen molar-refractivity contribution in [1.29, 1.82) is 0 Å². The molecule has 0 radical (unpaired) electrons. The van der Waals surface area contributed by atoms with Gasteiger partial charge in [0.25, 0.3) is 5.56 Å². The van der Waals surface area contributed by atoms with E-state index in [0.29, 0.717) is 5.82 Å². The quantitative estimate of drug-likeness (QED) is 0.826. The fourth-order valence-corrected chi connectivity index (χ4v) is 4.27. The molecule has 2 aromatic heterocycles. The normalized spacial score (nSPS) is 22.5. The van der Waals surface area contributed by atoms with Gasteiger partial charge in [-0.25, -0.2) is 9.36 Å². The Bertz CT molecular complexity index is 942. The Hall–Kier alpha value is -2.70. The van der Waals surface area contributed by atoms with Crippen LogP contribution in [0.2, 0.25) is 0 Å². The molecule has 2 aromatic rings. The van der Waals surface area contributed by atoms with Gasteiger partial charge in [-0.05, 0) is 64.5 Å². The van der Waals surface area contributed by atoms with Gasteiger partial charge in [-0.15, -0.1) is 5.10 Å². The molecule has 0 aromatic carbocycles. The average Bonchev–Trinajstić information content (AvgIpc) is 3.33. The fraction of sp³-hybridized carbons (Fsp3) is 0.524. The zero-order valence-corrected chi connectivity index (χ0v) is 16.5. The first-order valence-corrected chi connectivity index (χ1v) is 10.1. The predicted molar refractivity (Wildman–Crippen MR) is 106 cm³/mol. The Kier molecular flexibility index (Phi) is 5.15. The van der Waals surface area contributed by atoms with Crippen LogP contribution in [0, 0.1) is 19.8 Å². The second-order valence-electron chi connectivity index (χ2n) is 7.97. The molecule has 0 bridgehead atoms. The molecule has 7 nitrogen and oxygen atoms in total. The van der Waals surface area contributed by atoms with Crippen molar-refractivity contribution in [2.24, 2.45) is 5.92 Å². The maximum absolute atomic E-state index is 12.4. The van der Waals surface area contributed by atoms with Gasteiger partial charge in [-0.1, -0.05) is 12.2 Å². The van der Waals surface area contributed by atoms with Crippen LogP contribution in [0.25, 0.3) is 5.82 Å². The topological polar surface area (TPSA) is 81.8 Å². The number of aromatic nitrogens is 4. The van der Waals surface area contributed by atoms with E-state index in [1.165, 1.54) is 0 Å². The number of allylic oxidation sites excluding steroid dienone is 2. The smallest absolute Gasteiger partial charge is 0.267 e. The lowest BCUT2D eigenvalue weighted by atomic mass is 9.90. The van der Waals surface area contributed by atoms with Gasteiger partial charge >= 0.3 is 0 Å². The number of aryl methyl sites for hydroxylation is 2. The monoisotopic (exact) mass is 381 g/mol. The Morgan fingerprint density at radius 1 is 1.07 bits per heavy atom. The molecule has 2 aliphatic rings. The van der Waals surface area contributed by atoms with Crippen LogP contribution < -0.4 is 10.9 Å². The molecule has 148 valence electrons. The number of amides is 1. The SMILES string of the molecule is Cc1cc(C)n(-c2ccc(=O)n(C3CCC(NC(=O)C4CC=CC4)CC3)n2)n1. The van der Waals surface area contributed by atoms with Crippen molar-refractivity contribution in [2.75, 3.05) is 0 Å². The standard InChI is InChI=1S/C21H27N5O2/c1-14-13-15(2)25(23-14)19-11-12-20(27)26(24-19)18-9-7-17(8-10-18)22-21(28)16-5-3-4-6-16/h3-4,11-13,16-18H,5-10H2,1-2H3,(H,22,28). The van der Waals surface area contributed by atoms with E-state index >= 15 is 0 Å². The van der Waals surface area contributed by atoms with Gasteiger partial charge in [-0.3, -0.25) is 9.59 Å². The van der Waals surface area contributed by atoms with Crippen molar-refractivity contribution in [1.82, 2.24) is 24.9 Å². The summed E-state index contributed by atoms with van der Waals surface area (Å²) in [4.78, 5) is 24.7. The molecule has 0 atom stereocenters. The molecule has 0 aliphatic heterocycles. The van der Waals surface area contributed by atoms with Crippen molar-refractivity contribution >= 4 is 5.91 Å². The third-order valence-corrected chi connectivity index (χ3v) is 5.81. The molecular weight excluding hydrogens is 354 g/mol. The summed E-state index contributed by atoms with van der Waals surface area (Å²) in [6.45, 7) is 3.92. The lowest BCUT2D eigenvalue weighted by Gasteiger charge is -2.30. The molecule has 0 saturated heterocycles. The molecule has 2 aliphatic carbocycles. The van der Waals surface area contributed by atoms with E-state index in [1.807, 2.05) is 19.9 Å². The highest BCUT2D eigenvalue weighted by molar-refractivity contribution is 5.79. The minimum atomic E-state index is -0.0882. The van der Waals surface area contributed by atoms with Crippen LogP contribution in [0.5, 0.6) is 0 Å². The van der Waals surface area contributed by atoms with E-state index in [2.05, 4.69) is 27.7 Å². The Balaban J connectivity index is 1.43. The summed E-state index contributed by atoms with van der Waals surface area (Å²) in [5.41, 5.74) is 1.82. The minimum Gasteiger partial charge on any atom is -0.353 e. The number of hydrogen-bond acceptors (Lipinski definition) is 4. The third kappa shape index (κ3) is 3.79. The second kappa shape index (κ2) is 7.73. The molecule has 4 rings (SSSR count). The van der Waals surface area contributed by atoms with Crippen LogP contribution in [-0.4, -0.2) is 31.5 Å². The number of carbonyl (C=O) groups excluding carboxylic acids is 1. The molecule has 0 spiro atoms. The highest BCUT2D eigenvalue weighted by Crippen LogP contribution is 2.28. The number of carbonyl (C=O) groups is 1. The van der Waals surface area contributed by atoms with Crippen LogP contribution in [0.4, 0.5) is 0 Å². The summed E-state index contributed by atoms with van der Waals surface area (Å²) in [6, 6.07) is 5.54. The van der Waals surface area contributed by atoms with Gasteiger partial charge in [0.15, 0.2) is 5.82 Å². The van der Waals surface area contributed by atoms with Crippen molar-refractivity contribution in [3.8, 4) is 5.82 Å². The highest BCUT2D eigenvalue weighted by atomic mass is 16.2. The summed E-state index contributed by atoms with van der Waals surface area (Å²) < 4.78 is 3.37. The predicted octanol–water partition coefficient (Wildman–Crippen LogP) is 2.61. The van der Waals surface area contributed by atoms with E-state index in [4.69, 9.17) is 0 Å². The largest absolute Gasteiger partial charge is 0.353 e. The molecule has 2 heterocycles. The summed E-state index contributed by atoms with van der Waals surface area (Å²) in [7, 11) is 0. The maximum atomic E-state index is 12.4. The third-order valence-electron chi connectivity index (χ3n) is 5.81. The second-order valence-corrected chi connectivity index (χ2v) is 7.97. The zero-order chi connectivity index (χ0) is 19.7. The van der Waals surface area contributed by atoms with E-state index in [0.717, 1.165) is 49.9 Å².